The Kier molecular flexibility index (Phi) is 6.37. The SMILES string of the molecule is COc1cccc(CCNc2cc(C)nc(Nc3ccccc3C(C)(C)C)n2)c1. The number of aromatic nitrogens is 2. The number of hydrogen-bond donors (Lipinski definition) is 2. The van der Waals surface area contributed by atoms with E-state index in [2.05, 4.69) is 71.7 Å². The van der Waals surface area contributed by atoms with Gasteiger partial charge in [0, 0.05) is 24.0 Å². The number of aryl methyl sites for hydroxylation is 1. The average Bonchev–Trinajstić information content (AvgIpc) is 2.67. The molecule has 29 heavy (non-hydrogen) atoms. The van der Waals surface area contributed by atoms with Crippen LogP contribution >= 0.6 is 0 Å². The Balaban J connectivity index is 1.70. The lowest BCUT2D eigenvalue weighted by Gasteiger charge is -2.23. The maximum absolute atomic E-state index is 5.29. The molecule has 0 unspecified atom stereocenters. The molecule has 0 aliphatic rings. The maximum Gasteiger partial charge on any atom is 0.229 e. The highest BCUT2D eigenvalue weighted by Gasteiger charge is 2.18. The number of rotatable bonds is 7. The van der Waals surface area contributed by atoms with Crippen LogP contribution in [-0.2, 0) is 11.8 Å². The quantitative estimate of drug-likeness (QED) is 0.559. The van der Waals surface area contributed by atoms with Gasteiger partial charge in [-0.2, -0.15) is 4.98 Å². The van der Waals surface area contributed by atoms with Crippen molar-refractivity contribution in [2.24, 2.45) is 0 Å². The van der Waals surface area contributed by atoms with Gasteiger partial charge in [0.1, 0.15) is 11.6 Å². The minimum absolute atomic E-state index is 0.0330. The molecule has 0 spiro atoms. The Labute approximate surface area is 173 Å². The average molecular weight is 391 g/mol. The highest BCUT2D eigenvalue weighted by Crippen LogP contribution is 2.30. The number of hydrogen-bond acceptors (Lipinski definition) is 5. The molecule has 2 N–H and O–H groups in total. The standard InChI is InChI=1S/C24H30N4O/c1-17-15-22(25-14-13-18-9-8-10-19(16-18)29-5)28-23(26-17)27-21-12-7-6-11-20(21)24(2,3)4/h6-12,15-16H,13-14H2,1-5H3,(H2,25,26,27,28). The van der Waals surface area contributed by atoms with Crippen molar-refractivity contribution in [2.75, 3.05) is 24.3 Å². The normalized spacial score (nSPS) is 11.2. The predicted octanol–water partition coefficient (Wildman–Crippen LogP) is 5.49. The molecule has 0 aliphatic heterocycles. The molecule has 5 nitrogen and oxygen atoms in total. The third-order valence-electron chi connectivity index (χ3n) is 4.69. The third-order valence-corrected chi connectivity index (χ3v) is 4.69. The molecule has 5 heteroatoms. The fourth-order valence-corrected chi connectivity index (χ4v) is 3.24. The first-order valence-electron chi connectivity index (χ1n) is 9.94. The van der Waals surface area contributed by atoms with Crippen molar-refractivity contribution in [3.63, 3.8) is 0 Å². The van der Waals surface area contributed by atoms with Crippen molar-refractivity contribution < 1.29 is 4.74 Å². The van der Waals surface area contributed by atoms with E-state index in [-0.39, 0.29) is 5.41 Å². The molecule has 0 fully saturated rings. The van der Waals surface area contributed by atoms with Crippen LogP contribution in [0.15, 0.2) is 54.6 Å². The van der Waals surface area contributed by atoms with E-state index in [0.29, 0.717) is 5.95 Å². The largest absolute Gasteiger partial charge is 0.497 e. The third kappa shape index (κ3) is 5.70. The van der Waals surface area contributed by atoms with Crippen molar-refractivity contribution in [3.8, 4) is 5.75 Å². The molecule has 3 aromatic rings. The molecule has 1 aromatic heterocycles. The molecule has 0 amide bonds. The van der Waals surface area contributed by atoms with E-state index in [1.165, 1.54) is 11.1 Å². The maximum atomic E-state index is 5.29. The molecule has 2 aromatic carbocycles. The first-order valence-corrected chi connectivity index (χ1v) is 9.94. The predicted molar refractivity (Wildman–Crippen MR) is 120 cm³/mol. The van der Waals surface area contributed by atoms with Gasteiger partial charge < -0.3 is 15.4 Å². The molecule has 0 bridgehead atoms. The van der Waals surface area contributed by atoms with Crippen molar-refractivity contribution in [2.45, 2.75) is 39.5 Å². The summed E-state index contributed by atoms with van der Waals surface area (Å²) in [5.74, 6) is 2.30. The summed E-state index contributed by atoms with van der Waals surface area (Å²) in [6.45, 7) is 9.37. The highest BCUT2D eigenvalue weighted by molar-refractivity contribution is 5.61. The van der Waals surface area contributed by atoms with Crippen LogP contribution in [0.2, 0.25) is 0 Å². The summed E-state index contributed by atoms with van der Waals surface area (Å²) in [4.78, 5) is 9.22. The molecule has 0 saturated heterocycles. The molecule has 1 heterocycles. The number of methoxy groups -OCH3 is 1. The summed E-state index contributed by atoms with van der Waals surface area (Å²) in [7, 11) is 1.69. The molecule has 3 rings (SSSR count). The molecule has 0 atom stereocenters. The van der Waals surface area contributed by atoms with Crippen molar-refractivity contribution in [3.05, 3.63) is 71.4 Å². The van der Waals surface area contributed by atoms with Gasteiger partial charge in [-0.25, -0.2) is 4.98 Å². The summed E-state index contributed by atoms with van der Waals surface area (Å²) < 4.78 is 5.29. The van der Waals surface area contributed by atoms with E-state index in [4.69, 9.17) is 4.74 Å². The van der Waals surface area contributed by atoms with Gasteiger partial charge in [0.15, 0.2) is 0 Å². The fourth-order valence-electron chi connectivity index (χ4n) is 3.24. The minimum Gasteiger partial charge on any atom is -0.497 e. The van der Waals surface area contributed by atoms with Gasteiger partial charge in [-0.1, -0.05) is 51.1 Å². The van der Waals surface area contributed by atoms with E-state index in [1.807, 2.05) is 31.2 Å². The summed E-state index contributed by atoms with van der Waals surface area (Å²) in [5.41, 5.74) is 4.44. The van der Waals surface area contributed by atoms with E-state index in [0.717, 1.165) is 35.9 Å². The highest BCUT2D eigenvalue weighted by atomic mass is 16.5. The second-order valence-corrected chi connectivity index (χ2v) is 8.17. The van der Waals surface area contributed by atoms with Gasteiger partial charge in [-0.3, -0.25) is 0 Å². The van der Waals surface area contributed by atoms with Crippen molar-refractivity contribution in [1.29, 1.82) is 0 Å². The van der Waals surface area contributed by atoms with E-state index in [9.17, 15) is 0 Å². The Morgan fingerprint density at radius 1 is 0.966 bits per heavy atom. The summed E-state index contributed by atoms with van der Waals surface area (Å²) in [5, 5.41) is 6.82. The number of nitrogens with one attached hydrogen (secondary N) is 2. The van der Waals surface area contributed by atoms with Crippen LogP contribution in [0, 0.1) is 6.92 Å². The Morgan fingerprint density at radius 3 is 2.52 bits per heavy atom. The van der Waals surface area contributed by atoms with Crippen LogP contribution in [0.1, 0.15) is 37.6 Å². The topological polar surface area (TPSA) is 59.1 Å². The lowest BCUT2D eigenvalue weighted by atomic mass is 9.86. The number of ether oxygens (including phenoxy) is 1. The number of benzene rings is 2. The van der Waals surface area contributed by atoms with E-state index < -0.39 is 0 Å². The van der Waals surface area contributed by atoms with Gasteiger partial charge in [0.25, 0.3) is 0 Å². The Morgan fingerprint density at radius 2 is 1.76 bits per heavy atom. The molecule has 0 aliphatic carbocycles. The number of para-hydroxylation sites is 1. The van der Waals surface area contributed by atoms with Gasteiger partial charge in [-0.05, 0) is 48.1 Å². The Hall–Kier alpha value is -3.08. The second-order valence-electron chi connectivity index (χ2n) is 8.17. The molecular weight excluding hydrogens is 360 g/mol. The monoisotopic (exact) mass is 390 g/mol. The fraction of sp³-hybridized carbons (Fsp3) is 0.333. The van der Waals surface area contributed by atoms with Crippen LogP contribution in [-0.4, -0.2) is 23.6 Å². The van der Waals surface area contributed by atoms with Gasteiger partial charge in [0.2, 0.25) is 5.95 Å². The molecule has 0 radical (unpaired) electrons. The van der Waals surface area contributed by atoms with Crippen molar-refractivity contribution in [1.82, 2.24) is 9.97 Å². The van der Waals surface area contributed by atoms with Gasteiger partial charge in [-0.15, -0.1) is 0 Å². The van der Waals surface area contributed by atoms with E-state index in [1.54, 1.807) is 7.11 Å². The van der Waals surface area contributed by atoms with Gasteiger partial charge in [0.05, 0.1) is 7.11 Å². The first kappa shape index (κ1) is 20.6. The smallest absolute Gasteiger partial charge is 0.229 e. The second kappa shape index (κ2) is 8.95. The van der Waals surface area contributed by atoms with Crippen LogP contribution < -0.4 is 15.4 Å². The summed E-state index contributed by atoms with van der Waals surface area (Å²) in [6.07, 6.45) is 0.885. The lowest BCUT2D eigenvalue weighted by molar-refractivity contribution is 0.414. The lowest BCUT2D eigenvalue weighted by Crippen LogP contribution is -2.14. The van der Waals surface area contributed by atoms with Crippen LogP contribution in [0.25, 0.3) is 0 Å². The van der Waals surface area contributed by atoms with Crippen LogP contribution in [0.3, 0.4) is 0 Å². The van der Waals surface area contributed by atoms with Crippen LogP contribution in [0.5, 0.6) is 5.75 Å². The molecular formula is C24H30N4O. The zero-order valence-corrected chi connectivity index (χ0v) is 17.9. The summed E-state index contributed by atoms with van der Waals surface area (Å²) >= 11 is 0. The zero-order valence-electron chi connectivity index (χ0n) is 17.9. The minimum atomic E-state index is 0.0330. The van der Waals surface area contributed by atoms with Gasteiger partial charge >= 0.3 is 0 Å². The summed E-state index contributed by atoms with van der Waals surface area (Å²) in [6, 6.07) is 18.4. The number of anilines is 3. The van der Waals surface area contributed by atoms with Crippen molar-refractivity contribution >= 4 is 17.5 Å². The van der Waals surface area contributed by atoms with Crippen LogP contribution in [0.4, 0.5) is 17.5 Å². The first-order chi connectivity index (χ1) is 13.8. The molecule has 152 valence electrons. The number of nitrogens with zero attached hydrogens (tertiary/aromatic N) is 2. The molecule has 0 saturated carbocycles. The Bertz CT molecular complexity index is 963. The zero-order chi connectivity index (χ0) is 20.9. The van der Waals surface area contributed by atoms with E-state index >= 15 is 0 Å².